The van der Waals surface area contributed by atoms with Crippen LogP contribution in [0.15, 0.2) is 41.8 Å². The predicted octanol–water partition coefficient (Wildman–Crippen LogP) is 3.91. The van der Waals surface area contributed by atoms with E-state index in [1.54, 1.807) is 35.6 Å². The molecule has 1 saturated heterocycles. The molecular formula is C21H27N3O2S. The fourth-order valence-corrected chi connectivity index (χ4v) is 4.29. The van der Waals surface area contributed by atoms with Crippen LogP contribution in [0.25, 0.3) is 0 Å². The minimum Gasteiger partial charge on any atom is -0.350 e. The lowest BCUT2D eigenvalue weighted by Gasteiger charge is -2.36. The van der Waals surface area contributed by atoms with Crippen molar-refractivity contribution in [3.63, 3.8) is 0 Å². The van der Waals surface area contributed by atoms with Crippen molar-refractivity contribution in [2.75, 3.05) is 25.0 Å². The number of nitrogens with one attached hydrogen (secondary N) is 2. The molecule has 1 atom stereocenters. The summed E-state index contributed by atoms with van der Waals surface area (Å²) in [5.41, 5.74) is 1.29. The van der Waals surface area contributed by atoms with Gasteiger partial charge in [0, 0.05) is 29.6 Å². The van der Waals surface area contributed by atoms with Crippen molar-refractivity contribution in [1.29, 1.82) is 0 Å². The second-order valence-electron chi connectivity index (χ2n) is 7.22. The Morgan fingerprint density at radius 2 is 1.89 bits per heavy atom. The standard InChI is InChI=1S/C21H27N3O2S/c1-15-9-11-24(12-10-15)19(20-4-3-13-27-20)14-22-21(26)17-5-7-18(8-6-17)23-16(2)25/h3-8,13,15,19H,9-12,14H2,1-2H3,(H,22,26)(H,23,25). The summed E-state index contributed by atoms with van der Waals surface area (Å²) in [6.07, 6.45) is 2.42. The molecule has 1 aliphatic heterocycles. The lowest BCUT2D eigenvalue weighted by molar-refractivity contribution is -0.114. The van der Waals surface area contributed by atoms with Crippen LogP contribution in [0.2, 0.25) is 0 Å². The van der Waals surface area contributed by atoms with Crippen LogP contribution in [-0.2, 0) is 4.79 Å². The first kappa shape index (κ1) is 19.6. The number of benzene rings is 1. The van der Waals surface area contributed by atoms with Crippen LogP contribution < -0.4 is 10.6 Å². The molecule has 0 spiro atoms. The molecule has 1 aromatic heterocycles. The minimum absolute atomic E-state index is 0.0868. The predicted molar refractivity (Wildman–Crippen MR) is 110 cm³/mol. The minimum atomic E-state index is -0.123. The topological polar surface area (TPSA) is 61.4 Å². The lowest BCUT2D eigenvalue weighted by atomic mass is 9.97. The molecule has 0 saturated carbocycles. The highest BCUT2D eigenvalue weighted by Gasteiger charge is 2.25. The van der Waals surface area contributed by atoms with Gasteiger partial charge in [0.05, 0.1) is 6.04 Å². The summed E-state index contributed by atoms with van der Waals surface area (Å²) in [6, 6.07) is 11.4. The molecule has 2 N–H and O–H groups in total. The summed E-state index contributed by atoms with van der Waals surface area (Å²) in [7, 11) is 0. The van der Waals surface area contributed by atoms with Crippen LogP contribution in [0.4, 0.5) is 5.69 Å². The van der Waals surface area contributed by atoms with Gasteiger partial charge < -0.3 is 10.6 Å². The molecule has 5 nitrogen and oxygen atoms in total. The number of anilines is 1. The number of likely N-dealkylation sites (tertiary alicyclic amines) is 1. The van der Waals surface area contributed by atoms with E-state index in [0.717, 1.165) is 19.0 Å². The molecule has 2 heterocycles. The third-order valence-corrected chi connectivity index (χ3v) is 6.03. The van der Waals surface area contributed by atoms with Gasteiger partial charge in [-0.25, -0.2) is 0 Å². The van der Waals surface area contributed by atoms with Gasteiger partial charge in [-0.1, -0.05) is 13.0 Å². The van der Waals surface area contributed by atoms with Crippen molar-refractivity contribution < 1.29 is 9.59 Å². The Bertz CT molecular complexity index is 750. The lowest BCUT2D eigenvalue weighted by Crippen LogP contribution is -2.41. The molecule has 27 heavy (non-hydrogen) atoms. The largest absolute Gasteiger partial charge is 0.350 e. The highest BCUT2D eigenvalue weighted by molar-refractivity contribution is 7.10. The Kier molecular flexibility index (Phi) is 6.63. The molecule has 144 valence electrons. The molecule has 2 amide bonds. The van der Waals surface area contributed by atoms with Crippen molar-refractivity contribution in [3.8, 4) is 0 Å². The van der Waals surface area contributed by atoms with Gasteiger partial charge in [0.1, 0.15) is 0 Å². The number of hydrogen-bond acceptors (Lipinski definition) is 4. The van der Waals surface area contributed by atoms with Crippen LogP contribution in [0, 0.1) is 5.92 Å². The first-order chi connectivity index (χ1) is 13.0. The Morgan fingerprint density at radius 3 is 2.48 bits per heavy atom. The summed E-state index contributed by atoms with van der Waals surface area (Å²) >= 11 is 1.75. The molecule has 2 aromatic rings. The zero-order valence-electron chi connectivity index (χ0n) is 15.9. The van der Waals surface area contributed by atoms with Gasteiger partial charge in [0.2, 0.25) is 5.91 Å². The average Bonchev–Trinajstić information content (AvgIpc) is 3.18. The van der Waals surface area contributed by atoms with Gasteiger partial charge in [0.15, 0.2) is 0 Å². The molecule has 6 heteroatoms. The van der Waals surface area contributed by atoms with Gasteiger partial charge in [0.25, 0.3) is 5.91 Å². The summed E-state index contributed by atoms with van der Waals surface area (Å²) in [5, 5.41) is 7.90. The van der Waals surface area contributed by atoms with Crippen molar-refractivity contribution in [2.24, 2.45) is 5.92 Å². The van der Waals surface area contributed by atoms with Gasteiger partial charge in [-0.3, -0.25) is 14.5 Å². The maximum Gasteiger partial charge on any atom is 0.251 e. The molecule has 0 bridgehead atoms. The van der Waals surface area contributed by atoms with E-state index in [2.05, 4.69) is 40.0 Å². The zero-order valence-corrected chi connectivity index (χ0v) is 16.7. The van der Waals surface area contributed by atoms with Crippen molar-refractivity contribution in [1.82, 2.24) is 10.2 Å². The maximum atomic E-state index is 12.6. The summed E-state index contributed by atoms with van der Waals surface area (Å²) in [4.78, 5) is 27.5. The van der Waals surface area contributed by atoms with E-state index in [-0.39, 0.29) is 17.9 Å². The van der Waals surface area contributed by atoms with Crippen LogP contribution in [0.1, 0.15) is 48.0 Å². The van der Waals surface area contributed by atoms with E-state index in [0.29, 0.717) is 17.8 Å². The molecule has 0 aliphatic carbocycles. The highest BCUT2D eigenvalue weighted by atomic mass is 32.1. The second kappa shape index (κ2) is 9.15. The van der Waals surface area contributed by atoms with Gasteiger partial charge >= 0.3 is 0 Å². The summed E-state index contributed by atoms with van der Waals surface area (Å²) in [6.45, 7) is 6.52. The maximum absolute atomic E-state index is 12.6. The van der Waals surface area contributed by atoms with Crippen molar-refractivity contribution >= 4 is 28.8 Å². The molecular weight excluding hydrogens is 358 g/mol. The Morgan fingerprint density at radius 1 is 1.19 bits per heavy atom. The second-order valence-corrected chi connectivity index (χ2v) is 8.20. The highest BCUT2D eigenvalue weighted by Crippen LogP contribution is 2.29. The number of thiophene rings is 1. The number of piperidine rings is 1. The quantitative estimate of drug-likeness (QED) is 0.792. The summed E-state index contributed by atoms with van der Waals surface area (Å²) in [5.74, 6) is 0.570. The van der Waals surface area contributed by atoms with Gasteiger partial charge in [-0.05, 0) is 67.6 Å². The van der Waals surface area contributed by atoms with E-state index < -0.39 is 0 Å². The van der Waals surface area contributed by atoms with Crippen LogP contribution in [0.5, 0.6) is 0 Å². The first-order valence-corrected chi connectivity index (χ1v) is 10.3. The van der Waals surface area contributed by atoms with E-state index in [9.17, 15) is 9.59 Å². The molecule has 1 aromatic carbocycles. The molecule has 1 unspecified atom stereocenters. The number of rotatable bonds is 6. The zero-order chi connectivity index (χ0) is 19.2. The number of carbonyl (C=O) groups is 2. The van der Waals surface area contributed by atoms with Crippen LogP contribution in [-0.4, -0.2) is 36.3 Å². The summed E-state index contributed by atoms with van der Waals surface area (Å²) < 4.78 is 0. The molecule has 1 fully saturated rings. The van der Waals surface area contributed by atoms with Crippen LogP contribution >= 0.6 is 11.3 Å². The molecule has 0 radical (unpaired) electrons. The smallest absolute Gasteiger partial charge is 0.251 e. The van der Waals surface area contributed by atoms with E-state index in [4.69, 9.17) is 0 Å². The molecule has 1 aliphatic rings. The first-order valence-electron chi connectivity index (χ1n) is 9.46. The molecule has 3 rings (SSSR count). The van der Waals surface area contributed by atoms with Crippen LogP contribution in [0.3, 0.4) is 0 Å². The fraction of sp³-hybridized carbons (Fsp3) is 0.429. The number of carbonyl (C=O) groups excluding carboxylic acids is 2. The van der Waals surface area contributed by atoms with Gasteiger partial charge in [-0.2, -0.15) is 0 Å². The number of hydrogen-bond donors (Lipinski definition) is 2. The average molecular weight is 386 g/mol. The normalized spacial score (nSPS) is 16.7. The fourth-order valence-electron chi connectivity index (χ4n) is 3.43. The van der Waals surface area contributed by atoms with Gasteiger partial charge in [-0.15, -0.1) is 11.3 Å². The third-order valence-electron chi connectivity index (χ3n) is 5.05. The SMILES string of the molecule is CC(=O)Nc1ccc(C(=O)NCC(c2cccs2)N2CCC(C)CC2)cc1. The Balaban J connectivity index is 1.62. The third kappa shape index (κ3) is 5.40. The van der Waals surface area contributed by atoms with Crippen molar-refractivity contribution in [3.05, 3.63) is 52.2 Å². The number of nitrogens with zero attached hydrogens (tertiary/aromatic N) is 1. The van der Waals surface area contributed by atoms with E-state index in [1.165, 1.54) is 24.6 Å². The Hall–Kier alpha value is -2.18. The van der Waals surface area contributed by atoms with Crippen molar-refractivity contribution in [2.45, 2.75) is 32.7 Å². The van der Waals surface area contributed by atoms with E-state index in [1.807, 2.05) is 0 Å². The monoisotopic (exact) mass is 385 g/mol. The van der Waals surface area contributed by atoms with E-state index >= 15 is 0 Å². The number of amides is 2. The Labute approximate surface area is 164 Å².